The average Bonchev–Trinajstić information content (AvgIpc) is 2.75. The lowest BCUT2D eigenvalue weighted by Crippen LogP contribution is -2.35. The Bertz CT molecular complexity index is 369. The van der Waals surface area contributed by atoms with Crippen LogP contribution in [0.25, 0.3) is 0 Å². The van der Waals surface area contributed by atoms with Gasteiger partial charge in [0.15, 0.2) is 6.10 Å². The molecule has 2 N–H and O–H groups in total. The van der Waals surface area contributed by atoms with E-state index in [-0.39, 0.29) is 25.0 Å². The molecule has 0 radical (unpaired) electrons. The van der Waals surface area contributed by atoms with Gasteiger partial charge in [-0.05, 0) is 19.8 Å². The summed E-state index contributed by atoms with van der Waals surface area (Å²) in [4.78, 5) is 10.6. The molecule has 1 aliphatic heterocycles. The largest absolute Gasteiger partial charge is 0.479 e. The van der Waals surface area contributed by atoms with Gasteiger partial charge in [0.1, 0.15) is 0 Å². The van der Waals surface area contributed by atoms with Crippen molar-refractivity contribution in [3.63, 3.8) is 0 Å². The van der Waals surface area contributed by atoms with Gasteiger partial charge in [0.05, 0.1) is 18.5 Å². The maximum atomic E-state index is 11.5. The van der Waals surface area contributed by atoms with Crippen LogP contribution in [-0.4, -0.2) is 57.2 Å². The van der Waals surface area contributed by atoms with E-state index in [0.29, 0.717) is 19.4 Å². The molecule has 8 heteroatoms. The predicted molar refractivity (Wildman–Crippen MR) is 63.8 cm³/mol. The quantitative estimate of drug-likeness (QED) is 0.586. The molecule has 1 aliphatic rings. The molecule has 0 aliphatic carbocycles. The fourth-order valence-corrected chi connectivity index (χ4v) is 2.56. The first-order valence-electron chi connectivity index (χ1n) is 5.88. The van der Waals surface area contributed by atoms with Crippen molar-refractivity contribution in [2.24, 2.45) is 0 Å². The third-order valence-electron chi connectivity index (χ3n) is 2.61. The molecule has 0 spiro atoms. The second-order valence-corrected chi connectivity index (χ2v) is 5.95. The molecule has 0 aromatic rings. The number of ether oxygens (including phenoxy) is 2. The van der Waals surface area contributed by atoms with E-state index in [2.05, 4.69) is 4.72 Å². The molecule has 18 heavy (non-hydrogen) atoms. The van der Waals surface area contributed by atoms with Gasteiger partial charge in [-0.25, -0.2) is 17.9 Å². The molecule has 0 aromatic carbocycles. The summed E-state index contributed by atoms with van der Waals surface area (Å²) in [6.07, 6.45) is -0.220. The highest BCUT2D eigenvalue weighted by Crippen LogP contribution is 2.19. The Morgan fingerprint density at radius 2 is 2.22 bits per heavy atom. The third-order valence-corrected chi connectivity index (χ3v) is 3.93. The normalized spacial score (nSPS) is 24.3. The maximum absolute atomic E-state index is 11.5. The number of hydrogen-bond acceptors (Lipinski definition) is 5. The van der Waals surface area contributed by atoms with Gasteiger partial charge in [-0.3, -0.25) is 0 Å². The van der Waals surface area contributed by atoms with Crippen LogP contribution in [0, 0.1) is 0 Å². The van der Waals surface area contributed by atoms with E-state index < -0.39 is 22.1 Å². The zero-order chi connectivity index (χ0) is 13.6. The first kappa shape index (κ1) is 15.4. The van der Waals surface area contributed by atoms with Crippen molar-refractivity contribution >= 4 is 16.0 Å². The van der Waals surface area contributed by atoms with Crippen molar-refractivity contribution in [1.29, 1.82) is 0 Å². The average molecular weight is 281 g/mol. The first-order valence-corrected chi connectivity index (χ1v) is 7.53. The lowest BCUT2D eigenvalue weighted by molar-refractivity contribution is -0.149. The van der Waals surface area contributed by atoms with E-state index in [1.807, 2.05) is 0 Å². The van der Waals surface area contributed by atoms with Crippen LogP contribution in [0.2, 0.25) is 0 Å². The number of rotatable bonds is 8. The molecule has 1 rings (SSSR count). The monoisotopic (exact) mass is 281 g/mol. The van der Waals surface area contributed by atoms with Crippen LogP contribution in [0.15, 0.2) is 0 Å². The molecular formula is C10H19NO6S. The van der Waals surface area contributed by atoms with E-state index in [4.69, 9.17) is 14.6 Å². The Hall–Kier alpha value is -0.700. The molecule has 106 valence electrons. The second-order valence-electron chi connectivity index (χ2n) is 4.03. The maximum Gasteiger partial charge on any atom is 0.332 e. The number of carboxylic acid groups (broad SMARTS) is 1. The second kappa shape index (κ2) is 7.03. The van der Waals surface area contributed by atoms with E-state index in [9.17, 15) is 13.2 Å². The van der Waals surface area contributed by atoms with E-state index in [0.717, 1.165) is 0 Å². The summed E-state index contributed by atoms with van der Waals surface area (Å²) in [5, 5.41) is 8.72. The topological polar surface area (TPSA) is 102 Å². The summed E-state index contributed by atoms with van der Waals surface area (Å²) in [7, 11) is -3.38. The Kier molecular flexibility index (Phi) is 6.00. The summed E-state index contributed by atoms with van der Waals surface area (Å²) in [5.41, 5.74) is 0. The fourth-order valence-electron chi connectivity index (χ4n) is 1.64. The molecule has 1 fully saturated rings. The highest BCUT2D eigenvalue weighted by molar-refractivity contribution is 7.89. The minimum absolute atomic E-state index is 0.101. The van der Waals surface area contributed by atoms with Crippen LogP contribution in [0.3, 0.4) is 0 Å². The van der Waals surface area contributed by atoms with Gasteiger partial charge in [-0.2, -0.15) is 0 Å². The van der Waals surface area contributed by atoms with Gasteiger partial charge in [-0.1, -0.05) is 0 Å². The molecule has 7 nitrogen and oxygen atoms in total. The minimum Gasteiger partial charge on any atom is -0.479 e. The van der Waals surface area contributed by atoms with E-state index >= 15 is 0 Å². The lowest BCUT2D eigenvalue weighted by atomic mass is 10.2. The number of hydrogen-bond donors (Lipinski definition) is 2. The number of sulfonamides is 1. The van der Waals surface area contributed by atoms with Gasteiger partial charge in [-0.15, -0.1) is 0 Å². The van der Waals surface area contributed by atoms with Crippen LogP contribution in [-0.2, 0) is 24.3 Å². The summed E-state index contributed by atoms with van der Waals surface area (Å²) in [6, 6.07) is 0. The van der Waals surface area contributed by atoms with Crippen molar-refractivity contribution < 1.29 is 27.8 Å². The number of carboxylic acids is 1. The number of aliphatic carboxylic acids is 1. The van der Waals surface area contributed by atoms with Gasteiger partial charge >= 0.3 is 5.97 Å². The van der Waals surface area contributed by atoms with E-state index in [1.165, 1.54) is 0 Å². The van der Waals surface area contributed by atoms with Crippen molar-refractivity contribution in [1.82, 2.24) is 4.72 Å². The standard InChI is InChI=1S/C10H19NO6S/c1-2-16-5-6-18(14,15)11-7-8-3-4-9(17-8)10(12)13/h8-9,11H,2-7H2,1H3,(H,12,13). The van der Waals surface area contributed by atoms with Gasteiger partial charge in [0.25, 0.3) is 0 Å². The SMILES string of the molecule is CCOCCS(=O)(=O)NCC1CCC(C(=O)O)O1. The molecule has 0 aromatic heterocycles. The third kappa shape index (κ3) is 5.30. The highest BCUT2D eigenvalue weighted by Gasteiger charge is 2.30. The molecule has 2 unspecified atom stereocenters. The highest BCUT2D eigenvalue weighted by atomic mass is 32.2. The molecule has 0 amide bonds. The Morgan fingerprint density at radius 1 is 1.50 bits per heavy atom. The van der Waals surface area contributed by atoms with Gasteiger partial charge < -0.3 is 14.6 Å². The van der Waals surface area contributed by atoms with Crippen LogP contribution in [0.4, 0.5) is 0 Å². The molecule has 1 saturated heterocycles. The molecule has 0 bridgehead atoms. The molecular weight excluding hydrogens is 262 g/mol. The zero-order valence-electron chi connectivity index (χ0n) is 10.3. The van der Waals surface area contributed by atoms with Crippen molar-refractivity contribution in [3.05, 3.63) is 0 Å². The Balaban J connectivity index is 2.26. The zero-order valence-corrected chi connectivity index (χ0v) is 11.1. The van der Waals surface area contributed by atoms with Gasteiger partial charge in [0.2, 0.25) is 10.0 Å². The fraction of sp³-hybridized carbons (Fsp3) is 0.900. The summed E-state index contributed by atoms with van der Waals surface area (Å²) < 4.78 is 35.6. The van der Waals surface area contributed by atoms with Crippen molar-refractivity contribution in [2.75, 3.05) is 25.5 Å². The minimum atomic E-state index is -3.38. The van der Waals surface area contributed by atoms with Crippen LogP contribution >= 0.6 is 0 Å². The Morgan fingerprint density at radius 3 is 2.78 bits per heavy atom. The predicted octanol–water partition coefficient (Wildman–Crippen LogP) is -0.425. The molecule has 0 saturated carbocycles. The number of nitrogens with one attached hydrogen (secondary N) is 1. The van der Waals surface area contributed by atoms with Crippen molar-refractivity contribution in [2.45, 2.75) is 32.0 Å². The van der Waals surface area contributed by atoms with Crippen molar-refractivity contribution in [3.8, 4) is 0 Å². The molecule has 2 atom stereocenters. The summed E-state index contributed by atoms with van der Waals surface area (Å²) in [6.45, 7) is 2.52. The smallest absolute Gasteiger partial charge is 0.332 e. The van der Waals surface area contributed by atoms with Crippen LogP contribution < -0.4 is 4.72 Å². The lowest BCUT2D eigenvalue weighted by Gasteiger charge is -2.12. The van der Waals surface area contributed by atoms with E-state index in [1.54, 1.807) is 6.92 Å². The van der Waals surface area contributed by atoms with Crippen LogP contribution in [0.5, 0.6) is 0 Å². The summed E-state index contributed by atoms with van der Waals surface area (Å²) in [5.74, 6) is -1.10. The summed E-state index contributed by atoms with van der Waals surface area (Å²) >= 11 is 0. The van der Waals surface area contributed by atoms with Gasteiger partial charge in [0, 0.05) is 13.2 Å². The van der Waals surface area contributed by atoms with Crippen LogP contribution in [0.1, 0.15) is 19.8 Å². The molecule has 1 heterocycles. The number of carbonyl (C=O) groups is 1. The Labute approximate surface area is 107 Å². The first-order chi connectivity index (χ1) is 8.44.